The van der Waals surface area contributed by atoms with E-state index in [0.717, 1.165) is 48.4 Å². The van der Waals surface area contributed by atoms with Crippen LogP contribution >= 0.6 is 0 Å². The standard InChI is InChI=1S/C18H24N4O/c23-18(13-5-6-17-14(11-13)12-19-21-17)20-15-7-9-22(10-8-15)16-3-1-2-4-16/h5-6,11-12,15-16H,1-4,7-10H2,(H,19,21)(H,20,23). The molecule has 1 aliphatic carbocycles. The highest BCUT2D eigenvalue weighted by Crippen LogP contribution is 2.26. The molecule has 5 nitrogen and oxygen atoms in total. The summed E-state index contributed by atoms with van der Waals surface area (Å²) in [6.07, 6.45) is 9.39. The van der Waals surface area contributed by atoms with Crippen molar-refractivity contribution >= 4 is 16.8 Å². The molecule has 0 unspecified atom stereocenters. The molecular formula is C18H24N4O. The monoisotopic (exact) mass is 312 g/mol. The van der Waals surface area contributed by atoms with Crippen molar-refractivity contribution in [3.63, 3.8) is 0 Å². The Hall–Kier alpha value is -1.88. The Bertz CT molecular complexity index is 681. The van der Waals surface area contributed by atoms with Crippen molar-refractivity contribution < 1.29 is 4.79 Å². The third kappa shape index (κ3) is 3.11. The fourth-order valence-corrected chi connectivity index (χ4v) is 4.03. The Morgan fingerprint density at radius 1 is 1.17 bits per heavy atom. The number of nitrogens with zero attached hydrogens (tertiary/aromatic N) is 2. The Labute approximate surface area is 136 Å². The summed E-state index contributed by atoms with van der Waals surface area (Å²) in [7, 11) is 0. The normalized spacial score (nSPS) is 21.0. The zero-order valence-electron chi connectivity index (χ0n) is 13.4. The van der Waals surface area contributed by atoms with Crippen LogP contribution in [0, 0.1) is 0 Å². The highest BCUT2D eigenvalue weighted by Gasteiger charge is 2.27. The number of piperidine rings is 1. The summed E-state index contributed by atoms with van der Waals surface area (Å²) in [5.74, 6) is 0.0346. The number of hydrogen-bond acceptors (Lipinski definition) is 3. The number of rotatable bonds is 3. The number of benzene rings is 1. The molecule has 0 atom stereocenters. The van der Waals surface area contributed by atoms with Gasteiger partial charge < -0.3 is 10.2 Å². The molecule has 1 aromatic carbocycles. The fraction of sp³-hybridized carbons (Fsp3) is 0.556. The number of nitrogens with one attached hydrogen (secondary N) is 2. The van der Waals surface area contributed by atoms with Crippen LogP contribution in [0.15, 0.2) is 24.4 Å². The van der Waals surface area contributed by atoms with Gasteiger partial charge in [0.15, 0.2) is 0 Å². The summed E-state index contributed by atoms with van der Waals surface area (Å²) in [5, 5.41) is 11.1. The number of aromatic amines is 1. The van der Waals surface area contributed by atoms with E-state index in [1.165, 1.54) is 25.7 Å². The molecule has 4 rings (SSSR count). The average Bonchev–Trinajstić information content (AvgIpc) is 3.26. The molecule has 1 aliphatic heterocycles. The first kappa shape index (κ1) is 14.7. The predicted octanol–water partition coefficient (Wildman–Crippen LogP) is 2.70. The van der Waals surface area contributed by atoms with Gasteiger partial charge in [0.25, 0.3) is 5.91 Å². The predicted molar refractivity (Wildman–Crippen MR) is 90.4 cm³/mol. The van der Waals surface area contributed by atoms with Gasteiger partial charge >= 0.3 is 0 Å². The topological polar surface area (TPSA) is 61.0 Å². The quantitative estimate of drug-likeness (QED) is 0.916. The van der Waals surface area contributed by atoms with E-state index in [1.54, 1.807) is 6.20 Å². The van der Waals surface area contributed by atoms with Crippen molar-refractivity contribution in [2.24, 2.45) is 0 Å². The van der Waals surface area contributed by atoms with Crippen LogP contribution in [0.25, 0.3) is 10.9 Å². The molecule has 1 aromatic heterocycles. The Balaban J connectivity index is 1.34. The molecule has 2 fully saturated rings. The van der Waals surface area contributed by atoms with Gasteiger partial charge in [-0.2, -0.15) is 5.10 Å². The van der Waals surface area contributed by atoms with Crippen LogP contribution in [0.2, 0.25) is 0 Å². The zero-order valence-corrected chi connectivity index (χ0v) is 13.4. The van der Waals surface area contributed by atoms with Gasteiger partial charge in [0.2, 0.25) is 0 Å². The summed E-state index contributed by atoms with van der Waals surface area (Å²) >= 11 is 0. The van der Waals surface area contributed by atoms with E-state index >= 15 is 0 Å². The number of H-pyrrole nitrogens is 1. The van der Waals surface area contributed by atoms with Crippen molar-refractivity contribution in [1.29, 1.82) is 0 Å². The van der Waals surface area contributed by atoms with E-state index < -0.39 is 0 Å². The minimum absolute atomic E-state index is 0.0346. The lowest BCUT2D eigenvalue weighted by Gasteiger charge is -2.36. The maximum absolute atomic E-state index is 12.5. The summed E-state index contributed by atoms with van der Waals surface area (Å²) in [5.41, 5.74) is 1.68. The SMILES string of the molecule is O=C(NC1CCN(C2CCCC2)CC1)c1ccc2[nH]ncc2c1. The van der Waals surface area contributed by atoms with E-state index in [0.29, 0.717) is 6.04 Å². The van der Waals surface area contributed by atoms with Crippen molar-refractivity contribution in [1.82, 2.24) is 20.4 Å². The van der Waals surface area contributed by atoms with Crippen LogP contribution in [0.3, 0.4) is 0 Å². The molecule has 1 saturated carbocycles. The first-order chi connectivity index (χ1) is 11.3. The second kappa shape index (κ2) is 6.32. The van der Waals surface area contributed by atoms with E-state index in [2.05, 4.69) is 20.4 Å². The molecule has 2 N–H and O–H groups in total. The summed E-state index contributed by atoms with van der Waals surface area (Å²) in [4.78, 5) is 15.1. The molecule has 122 valence electrons. The minimum Gasteiger partial charge on any atom is -0.349 e. The number of carbonyl (C=O) groups excluding carboxylic acids is 1. The maximum atomic E-state index is 12.5. The number of likely N-dealkylation sites (tertiary alicyclic amines) is 1. The van der Waals surface area contributed by atoms with Crippen molar-refractivity contribution in [3.05, 3.63) is 30.0 Å². The van der Waals surface area contributed by atoms with Crippen LogP contribution in [0.1, 0.15) is 48.9 Å². The molecule has 0 spiro atoms. The molecule has 1 amide bonds. The molecule has 1 saturated heterocycles. The van der Waals surface area contributed by atoms with E-state index in [-0.39, 0.29) is 5.91 Å². The minimum atomic E-state index is 0.0346. The van der Waals surface area contributed by atoms with E-state index in [1.807, 2.05) is 18.2 Å². The number of amides is 1. The van der Waals surface area contributed by atoms with E-state index in [4.69, 9.17) is 0 Å². The molecule has 0 bridgehead atoms. The average molecular weight is 312 g/mol. The first-order valence-electron chi connectivity index (χ1n) is 8.77. The van der Waals surface area contributed by atoms with Gasteiger partial charge in [0.05, 0.1) is 11.7 Å². The van der Waals surface area contributed by atoms with Gasteiger partial charge in [-0.1, -0.05) is 12.8 Å². The van der Waals surface area contributed by atoms with Crippen molar-refractivity contribution in [3.8, 4) is 0 Å². The van der Waals surface area contributed by atoms with Gasteiger partial charge in [-0.3, -0.25) is 9.89 Å². The molecule has 2 heterocycles. The van der Waals surface area contributed by atoms with Crippen LogP contribution in [-0.4, -0.2) is 46.2 Å². The number of carbonyl (C=O) groups is 1. The lowest BCUT2D eigenvalue weighted by Crippen LogP contribution is -2.47. The van der Waals surface area contributed by atoms with Crippen LogP contribution < -0.4 is 5.32 Å². The summed E-state index contributed by atoms with van der Waals surface area (Å²) in [6, 6.07) is 6.79. The van der Waals surface area contributed by atoms with Gasteiger partial charge in [-0.25, -0.2) is 0 Å². The van der Waals surface area contributed by atoms with Crippen LogP contribution in [-0.2, 0) is 0 Å². The number of aromatic nitrogens is 2. The largest absolute Gasteiger partial charge is 0.349 e. The lowest BCUT2D eigenvalue weighted by atomic mass is 10.0. The van der Waals surface area contributed by atoms with Crippen LogP contribution in [0.4, 0.5) is 0 Å². The smallest absolute Gasteiger partial charge is 0.251 e. The third-order valence-electron chi connectivity index (χ3n) is 5.41. The summed E-state index contributed by atoms with van der Waals surface area (Å²) < 4.78 is 0. The molecule has 5 heteroatoms. The van der Waals surface area contributed by atoms with Gasteiger partial charge in [-0.05, 0) is 43.9 Å². The molecule has 0 radical (unpaired) electrons. The Morgan fingerprint density at radius 2 is 1.96 bits per heavy atom. The molecular weight excluding hydrogens is 288 g/mol. The zero-order chi connectivity index (χ0) is 15.6. The molecule has 23 heavy (non-hydrogen) atoms. The number of hydrogen-bond donors (Lipinski definition) is 2. The third-order valence-corrected chi connectivity index (χ3v) is 5.41. The Morgan fingerprint density at radius 3 is 2.74 bits per heavy atom. The Kier molecular flexibility index (Phi) is 4.04. The van der Waals surface area contributed by atoms with Gasteiger partial charge in [-0.15, -0.1) is 0 Å². The second-order valence-corrected chi connectivity index (χ2v) is 6.89. The van der Waals surface area contributed by atoms with Crippen LogP contribution in [0.5, 0.6) is 0 Å². The van der Waals surface area contributed by atoms with E-state index in [9.17, 15) is 4.79 Å². The maximum Gasteiger partial charge on any atom is 0.251 e. The van der Waals surface area contributed by atoms with Gasteiger partial charge in [0, 0.05) is 36.1 Å². The second-order valence-electron chi connectivity index (χ2n) is 6.89. The fourth-order valence-electron chi connectivity index (χ4n) is 4.03. The molecule has 2 aromatic rings. The lowest BCUT2D eigenvalue weighted by molar-refractivity contribution is 0.0892. The van der Waals surface area contributed by atoms with Gasteiger partial charge in [0.1, 0.15) is 0 Å². The highest BCUT2D eigenvalue weighted by molar-refractivity contribution is 5.98. The van der Waals surface area contributed by atoms with Crippen molar-refractivity contribution in [2.45, 2.75) is 50.6 Å². The highest BCUT2D eigenvalue weighted by atomic mass is 16.1. The first-order valence-corrected chi connectivity index (χ1v) is 8.77. The van der Waals surface area contributed by atoms with Crippen molar-refractivity contribution in [2.75, 3.05) is 13.1 Å². The molecule has 2 aliphatic rings. The number of fused-ring (bicyclic) bond motifs is 1. The summed E-state index contributed by atoms with van der Waals surface area (Å²) in [6.45, 7) is 2.24.